The highest BCUT2D eigenvalue weighted by Crippen LogP contribution is 2.21. The third-order valence-corrected chi connectivity index (χ3v) is 3.32. The molecule has 0 fully saturated rings. The minimum Gasteiger partial charge on any atom is -0.298 e. The number of para-hydroxylation sites is 2. The fourth-order valence-corrected chi connectivity index (χ4v) is 2.35. The van der Waals surface area contributed by atoms with Crippen molar-refractivity contribution in [3.63, 3.8) is 0 Å². The van der Waals surface area contributed by atoms with E-state index in [1.165, 1.54) is 0 Å². The van der Waals surface area contributed by atoms with Crippen molar-refractivity contribution < 1.29 is 4.79 Å². The summed E-state index contributed by atoms with van der Waals surface area (Å²) in [6.07, 6.45) is 0.796. The summed E-state index contributed by atoms with van der Waals surface area (Å²) in [5, 5.41) is 1.03. The zero-order valence-electron chi connectivity index (χ0n) is 10.4. The second kappa shape index (κ2) is 4.06. The van der Waals surface area contributed by atoms with Gasteiger partial charge >= 0.3 is 0 Å². The van der Waals surface area contributed by atoms with Crippen LogP contribution < -0.4 is 0 Å². The van der Waals surface area contributed by atoms with Crippen LogP contribution in [0.4, 0.5) is 0 Å². The molecular weight excluding hydrogens is 250 g/mol. The highest BCUT2D eigenvalue weighted by molar-refractivity contribution is 5.98. The van der Waals surface area contributed by atoms with E-state index in [4.69, 9.17) is 0 Å². The van der Waals surface area contributed by atoms with Crippen molar-refractivity contribution in [3.8, 4) is 0 Å². The Bertz CT molecular complexity index is 979. The van der Waals surface area contributed by atoms with Gasteiger partial charge in [-0.05, 0) is 24.3 Å². The Morgan fingerprint density at radius 1 is 0.800 bits per heavy atom. The van der Waals surface area contributed by atoms with Gasteiger partial charge in [0.2, 0.25) is 0 Å². The van der Waals surface area contributed by atoms with Crippen molar-refractivity contribution in [2.24, 2.45) is 0 Å². The Labute approximate surface area is 114 Å². The maximum absolute atomic E-state index is 11.1. The van der Waals surface area contributed by atoms with Crippen LogP contribution in [0.5, 0.6) is 0 Å². The third kappa shape index (κ3) is 1.55. The molecule has 0 aliphatic heterocycles. The average Bonchev–Trinajstić information content (AvgIpc) is 2.50. The molecule has 4 heteroatoms. The van der Waals surface area contributed by atoms with Crippen LogP contribution in [-0.4, -0.2) is 21.2 Å². The lowest BCUT2D eigenvalue weighted by molar-refractivity contribution is 0.112. The van der Waals surface area contributed by atoms with Gasteiger partial charge in [0.1, 0.15) is 11.0 Å². The fourth-order valence-electron chi connectivity index (χ4n) is 2.35. The molecule has 0 spiro atoms. The lowest BCUT2D eigenvalue weighted by Gasteiger charge is -2.03. The van der Waals surface area contributed by atoms with Gasteiger partial charge in [0.25, 0.3) is 0 Å². The van der Waals surface area contributed by atoms with E-state index in [9.17, 15) is 4.79 Å². The largest absolute Gasteiger partial charge is 0.298 e. The molecule has 0 atom stereocenters. The number of rotatable bonds is 1. The van der Waals surface area contributed by atoms with Crippen LogP contribution in [-0.2, 0) is 0 Å². The minimum atomic E-state index is 0.534. The molecule has 20 heavy (non-hydrogen) atoms. The van der Waals surface area contributed by atoms with Crippen molar-refractivity contribution >= 4 is 39.4 Å². The van der Waals surface area contributed by atoms with Crippen LogP contribution in [0, 0.1) is 0 Å². The lowest BCUT2D eigenvalue weighted by atomic mass is 10.1. The Kier molecular flexibility index (Phi) is 2.23. The molecule has 0 unspecified atom stereocenters. The van der Waals surface area contributed by atoms with Crippen LogP contribution in [0.25, 0.3) is 33.1 Å². The summed E-state index contributed by atoms with van der Waals surface area (Å²) >= 11 is 0. The van der Waals surface area contributed by atoms with E-state index >= 15 is 0 Å². The van der Waals surface area contributed by atoms with Gasteiger partial charge in [0, 0.05) is 10.9 Å². The topological polar surface area (TPSA) is 55.7 Å². The van der Waals surface area contributed by atoms with Gasteiger partial charge in [-0.1, -0.05) is 24.3 Å². The van der Waals surface area contributed by atoms with Gasteiger partial charge in [-0.3, -0.25) is 4.79 Å². The molecule has 4 rings (SSSR count). The smallest absolute Gasteiger partial charge is 0.179 e. The van der Waals surface area contributed by atoms with Gasteiger partial charge in [-0.2, -0.15) is 0 Å². The number of hydrogen-bond donors (Lipinski definition) is 0. The number of benzene rings is 2. The number of carbonyl (C=O) groups excluding carboxylic acids is 1. The number of carbonyl (C=O) groups is 1. The van der Waals surface area contributed by atoms with Crippen molar-refractivity contribution in [2.45, 2.75) is 0 Å². The predicted molar refractivity (Wildman–Crippen MR) is 77.7 cm³/mol. The van der Waals surface area contributed by atoms with E-state index in [2.05, 4.69) is 15.0 Å². The monoisotopic (exact) mass is 259 g/mol. The maximum Gasteiger partial charge on any atom is 0.179 e. The van der Waals surface area contributed by atoms with Crippen LogP contribution >= 0.6 is 0 Å². The average molecular weight is 259 g/mol. The van der Waals surface area contributed by atoms with Crippen LogP contribution in [0.15, 0.2) is 48.5 Å². The van der Waals surface area contributed by atoms with Gasteiger partial charge < -0.3 is 0 Å². The first-order valence-corrected chi connectivity index (χ1v) is 6.26. The van der Waals surface area contributed by atoms with Crippen LogP contribution in [0.2, 0.25) is 0 Å². The minimum absolute atomic E-state index is 0.534. The number of aldehydes is 1. The standard InChI is InChI=1S/C16H9N3O/c20-9-11-5-3-7-13-15(11)19-16-14(17-13)8-10-4-1-2-6-12(10)18-16/h1-9H. The summed E-state index contributed by atoms with van der Waals surface area (Å²) < 4.78 is 0. The second-order valence-corrected chi connectivity index (χ2v) is 4.58. The number of pyridine rings is 1. The quantitative estimate of drug-likeness (QED) is 0.389. The van der Waals surface area contributed by atoms with Gasteiger partial charge in [0.05, 0.1) is 11.0 Å². The summed E-state index contributed by atoms with van der Waals surface area (Å²) in [5.41, 5.74) is 4.01. The van der Waals surface area contributed by atoms with E-state index in [0.29, 0.717) is 22.2 Å². The fraction of sp³-hybridized carbons (Fsp3) is 0. The number of fused-ring (bicyclic) bond motifs is 3. The van der Waals surface area contributed by atoms with E-state index in [1.54, 1.807) is 12.1 Å². The number of aromatic nitrogens is 3. The summed E-state index contributed by atoms with van der Waals surface area (Å²) in [6, 6.07) is 15.2. The van der Waals surface area contributed by atoms with Crippen molar-refractivity contribution in [1.82, 2.24) is 15.0 Å². The number of nitrogens with zero attached hydrogens (tertiary/aromatic N) is 3. The zero-order valence-corrected chi connectivity index (χ0v) is 10.4. The van der Waals surface area contributed by atoms with E-state index in [0.717, 1.165) is 22.7 Å². The van der Waals surface area contributed by atoms with E-state index < -0.39 is 0 Å². The molecule has 2 aromatic carbocycles. The molecule has 0 saturated carbocycles. The SMILES string of the molecule is O=Cc1cccc2nc3cc4ccccc4nc3nc12. The van der Waals surface area contributed by atoms with Gasteiger partial charge in [0.15, 0.2) is 11.9 Å². The Morgan fingerprint density at radius 3 is 2.55 bits per heavy atom. The molecule has 4 nitrogen and oxygen atoms in total. The molecule has 0 radical (unpaired) electrons. The molecule has 0 aliphatic rings. The molecule has 2 heterocycles. The maximum atomic E-state index is 11.1. The Balaban J connectivity index is 2.18. The highest BCUT2D eigenvalue weighted by atomic mass is 16.1. The van der Waals surface area contributed by atoms with E-state index in [1.807, 2.05) is 36.4 Å². The molecule has 2 aromatic heterocycles. The molecule has 0 N–H and O–H groups in total. The predicted octanol–water partition coefficient (Wildman–Crippen LogP) is 3.14. The Hall–Kier alpha value is -2.88. The molecule has 0 amide bonds. The molecule has 0 bridgehead atoms. The summed E-state index contributed by atoms with van der Waals surface area (Å²) in [7, 11) is 0. The number of hydrogen-bond acceptors (Lipinski definition) is 4. The van der Waals surface area contributed by atoms with Gasteiger partial charge in [-0.15, -0.1) is 0 Å². The summed E-state index contributed by atoms with van der Waals surface area (Å²) in [6.45, 7) is 0. The third-order valence-electron chi connectivity index (χ3n) is 3.32. The van der Waals surface area contributed by atoms with Crippen LogP contribution in [0.1, 0.15) is 10.4 Å². The van der Waals surface area contributed by atoms with Crippen molar-refractivity contribution in [3.05, 3.63) is 54.1 Å². The highest BCUT2D eigenvalue weighted by Gasteiger charge is 2.07. The van der Waals surface area contributed by atoms with Crippen molar-refractivity contribution in [1.29, 1.82) is 0 Å². The first-order chi connectivity index (χ1) is 9.85. The Morgan fingerprint density at radius 2 is 1.65 bits per heavy atom. The lowest BCUT2D eigenvalue weighted by Crippen LogP contribution is -1.94. The summed E-state index contributed by atoms with van der Waals surface area (Å²) in [5.74, 6) is 0. The molecule has 94 valence electrons. The summed E-state index contributed by atoms with van der Waals surface area (Å²) in [4.78, 5) is 24.6. The normalized spacial score (nSPS) is 11.2. The molecule has 0 aliphatic carbocycles. The first kappa shape index (κ1) is 11.0. The molecule has 0 saturated heterocycles. The van der Waals surface area contributed by atoms with E-state index in [-0.39, 0.29) is 0 Å². The first-order valence-electron chi connectivity index (χ1n) is 6.26. The molecule has 4 aromatic rings. The second-order valence-electron chi connectivity index (χ2n) is 4.58. The zero-order chi connectivity index (χ0) is 13.5. The van der Waals surface area contributed by atoms with Gasteiger partial charge in [-0.25, -0.2) is 15.0 Å². The van der Waals surface area contributed by atoms with Crippen LogP contribution in [0.3, 0.4) is 0 Å². The molecular formula is C16H9N3O. The van der Waals surface area contributed by atoms with Crippen molar-refractivity contribution in [2.75, 3.05) is 0 Å².